The molecule has 3 rings (SSSR count). The number of nitrogens with one attached hydrogen (secondary N) is 2. The number of esters is 1. The molecule has 1 aliphatic heterocycles. The number of carbonyl (C=O) groups is 1. The lowest BCUT2D eigenvalue weighted by Gasteiger charge is -2.30. The predicted molar refractivity (Wildman–Crippen MR) is 108 cm³/mol. The van der Waals surface area contributed by atoms with Crippen LogP contribution >= 0.6 is 12.2 Å². The molecule has 6 heteroatoms. The maximum absolute atomic E-state index is 12.5. The summed E-state index contributed by atoms with van der Waals surface area (Å²) < 4.78 is 11.1. The number of thiocarbonyl (C=S) groups is 1. The predicted octanol–water partition coefficient (Wildman–Crippen LogP) is 3.62. The largest absolute Gasteiger partial charge is 0.489 e. The molecular formula is C21H22N2O3S. The van der Waals surface area contributed by atoms with Gasteiger partial charge in [0.1, 0.15) is 12.4 Å². The molecule has 27 heavy (non-hydrogen) atoms. The Morgan fingerprint density at radius 2 is 1.93 bits per heavy atom. The molecule has 0 aliphatic carbocycles. The van der Waals surface area contributed by atoms with Gasteiger partial charge in [0, 0.05) is 5.70 Å². The van der Waals surface area contributed by atoms with Crippen molar-refractivity contribution in [3.63, 3.8) is 0 Å². The van der Waals surface area contributed by atoms with Crippen LogP contribution in [0.25, 0.3) is 0 Å². The summed E-state index contributed by atoms with van der Waals surface area (Å²) in [6.07, 6.45) is 0. The Balaban J connectivity index is 1.84. The maximum Gasteiger partial charge on any atom is 0.338 e. The van der Waals surface area contributed by atoms with Crippen LogP contribution in [0, 0.1) is 0 Å². The second kappa shape index (κ2) is 8.68. The first-order valence-corrected chi connectivity index (χ1v) is 9.21. The zero-order chi connectivity index (χ0) is 19.2. The van der Waals surface area contributed by atoms with E-state index in [1.807, 2.05) is 61.5 Å². The van der Waals surface area contributed by atoms with Gasteiger partial charge in [-0.2, -0.15) is 0 Å². The summed E-state index contributed by atoms with van der Waals surface area (Å²) in [5, 5.41) is 6.63. The van der Waals surface area contributed by atoms with Crippen molar-refractivity contribution in [2.45, 2.75) is 26.5 Å². The zero-order valence-corrected chi connectivity index (χ0v) is 16.1. The van der Waals surface area contributed by atoms with Gasteiger partial charge >= 0.3 is 5.97 Å². The van der Waals surface area contributed by atoms with E-state index in [-0.39, 0.29) is 5.97 Å². The molecule has 0 spiro atoms. The summed E-state index contributed by atoms with van der Waals surface area (Å²) in [4.78, 5) is 12.5. The molecule has 1 heterocycles. The quantitative estimate of drug-likeness (QED) is 0.588. The van der Waals surface area contributed by atoms with E-state index >= 15 is 0 Å². The Hall–Kier alpha value is -2.86. The monoisotopic (exact) mass is 382 g/mol. The Kier molecular flexibility index (Phi) is 6.08. The van der Waals surface area contributed by atoms with Gasteiger partial charge in [0.15, 0.2) is 5.11 Å². The van der Waals surface area contributed by atoms with Crippen LogP contribution in [-0.4, -0.2) is 17.7 Å². The van der Waals surface area contributed by atoms with Crippen LogP contribution < -0.4 is 15.4 Å². The van der Waals surface area contributed by atoms with E-state index in [9.17, 15) is 4.79 Å². The lowest BCUT2D eigenvalue weighted by atomic mass is 9.95. The summed E-state index contributed by atoms with van der Waals surface area (Å²) in [7, 11) is 0. The van der Waals surface area contributed by atoms with Crippen LogP contribution in [0.15, 0.2) is 65.9 Å². The van der Waals surface area contributed by atoms with Crippen molar-refractivity contribution >= 4 is 23.3 Å². The average molecular weight is 382 g/mol. The van der Waals surface area contributed by atoms with Crippen LogP contribution in [0.4, 0.5) is 0 Å². The van der Waals surface area contributed by atoms with E-state index in [2.05, 4.69) is 10.6 Å². The van der Waals surface area contributed by atoms with Crippen molar-refractivity contribution in [1.29, 1.82) is 0 Å². The molecule has 0 bridgehead atoms. The fourth-order valence-electron chi connectivity index (χ4n) is 2.95. The molecule has 0 radical (unpaired) electrons. The van der Waals surface area contributed by atoms with Gasteiger partial charge in [-0.1, -0.05) is 42.5 Å². The number of carbonyl (C=O) groups excluding carboxylic acids is 1. The van der Waals surface area contributed by atoms with Crippen LogP contribution in [0.2, 0.25) is 0 Å². The van der Waals surface area contributed by atoms with Crippen molar-refractivity contribution in [2.75, 3.05) is 6.61 Å². The molecular weight excluding hydrogens is 360 g/mol. The van der Waals surface area contributed by atoms with E-state index in [0.29, 0.717) is 29.6 Å². The van der Waals surface area contributed by atoms with E-state index in [1.54, 1.807) is 6.92 Å². The maximum atomic E-state index is 12.5. The van der Waals surface area contributed by atoms with Gasteiger partial charge in [-0.15, -0.1) is 0 Å². The Morgan fingerprint density at radius 1 is 1.15 bits per heavy atom. The third-order valence-electron chi connectivity index (χ3n) is 4.20. The first kappa shape index (κ1) is 18.9. The number of ether oxygens (including phenoxy) is 2. The molecule has 1 aliphatic rings. The number of benzene rings is 2. The molecule has 0 fully saturated rings. The second-order valence-electron chi connectivity index (χ2n) is 6.14. The lowest BCUT2D eigenvalue weighted by molar-refractivity contribution is -0.139. The summed E-state index contributed by atoms with van der Waals surface area (Å²) in [6.45, 7) is 4.40. The molecule has 0 saturated carbocycles. The Morgan fingerprint density at radius 3 is 2.67 bits per heavy atom. The molecule has 1 atom stereocenters. The summed E-state index contributed by atoms with van der Waals surface area (Å²) in [6, 6.07) is 17.2. The van der Waals surface area contributed by atoms with Crippen molar-refractivity contribution in [1.82, 2.24) is 10.6 Å². The fraction of sp³-hybridized carbons (Fsp3) is 0.238. The third-order valence-corrected chi connectivity index (χ3v) is 4.42. The zero-order valence-electron chi connectivity index (χ0n) is 15.3. The molecule has 5 nitrogen and oxygen atoms in total. The number of hydrogen-bond donors (Lipinski definition) is 2. The van der Waals surface area contributed by atoms with Crippen molar-refractivity contribution in [3.8, 4) is 5.75 Å². The van der Waals surface area contributed by atoms with Crippen LogP contribution in [0.3, 0.4) is 0 Å². The van der Waals surface area contributed by atoms with Gasteiger partial charge in [0.05, 0.1) is 18.2 Å². The van der Waals surface area contributed by atoms with Gasteiger partial charge < -0.3 is 20.1 Å². The number of hydrogen-bond acceptors (Lipinski definition) is 4. The molecule has 1 unspecified atom stereocenters. The minimum atomic E-state index is -0.391. The molecule has 2 aromatic carbocycles. The molecule has 2 N–H and O–H groups in total. The minimum Gasteiger partial charge on any atom is -0.489 e. The van der Waals surface area contributed by atoms with Crippen LogP contribution in [0.5, 0.6) is 5.75 Å². The highest BCUT2D eigenvalue weighted by molar-refractivity contribution is 7.80. The standard InChI is InChI=1S/C21H22N2O3S/c1-3-25-20(24)18-14(2)22-21(27)23-19(18)16-10-7-11-17(12-16)26-13-15-8-5-4-6-9-15/h4-12,19H,3,13H2,1-2H3,(H2,22,23,27). The van der Waals surface area contributed by atoms with E-state index < -0.39 is 6.04 Å². The van der Waals surface area contributed by atoms with E-state index in [4.69, 9.17) is 21.7 Å². The van der Waals surface area contributed by atoms with E-state index in [1.165, 1.54) is 0 Å². The number of allylic oxidation sites excluding steroid dienone is 1. The normalized spacial score (nSPS) is 16.4. The fourth-order valence-corrected chi connectivity index (χ4v) is 3.22. The smallest absolute Gasteiger partial charge is 0.338 e. The van der Waals surface area contributed by atoms with Gasteiger partial charge in [0.2, 0.25) is 0 Å². The highest BCUT2D eigenvalue weighted by atomic mass is 32.1. The van der Waals surface area contributed by atoms with Crippen molar-refractivity contribution in [3.05, 3.63) is 77.0 Å². The summed E-state index contributed by atoms with van der Waals surface area (Å²) in [5.74, 6) is 0.363. The van der Waals surface area contributed by atoms with E-state index in [0.717, 1.165) is 16.9 Å². The topological polar surface area (TPSA) is 59.6 Å². The summed E-state index contributed by atoms with van der Waals surface area (Å²) >= 11 is 5.27. The van der Waals surface area contributed by atoms with Crippen molar-refractivity contribution in [2.24, 2.45) is 0 Å². The molecule has 2 aromatic rings. The first-order valence-electron chi connectivity index (χ1n) is 8.80. The minimum absolute atomic E-state index is 0.313. The molecule has 0 aromatic heterocycles. The SMILES string of the molecule is CCOC(=O)C1=C(C)NC(=S)NC1c1cccc(OCc2ccccc2)c1. The van der Waals surface area contributed by atoms with Gasteiger partial charge in [-0.05, 0) is 49.3 Å². The highest BCUT2D eigenvalue weighted by Crippen LogP contribution is 2.30. The number of rotatable bonds is 6. The van der Waals surface area contributed by atoms with Gasteiger partial charge in [-0.3, -0.25) is 0 Å². The van der Waals surface area contributed by atoms with Crippen molar-refractivity contribution < 1.29 is 14.3 Å². The lowest BCUT2D eigenvalue weighted by Crippen LogP contribution is -2.45. The highest BCUT2D eigenvalue weighted by Gasteiger charge is 2.31. The Bertz CT molecular complexity index is 865. The molecule has 0 saturated heterocycles. The van der Waals surface area contributed by atoms with Gasteiger partial charge in [0.25, 0.3) is 0 Å². The van der Waals surface area contributed by atoms with Crippen LogP contribution in [0.1, 0.15) is 31.0 Å². The second-order valence-corrected chi connectivity index (χ2v) is 6.55. The average Bonchev–Trinajstić information content (AvgIpc) is 2.67. The van der Waals surface area contributed by atoms with Crippen LogP contribution in [-0.2, 0) is 16.1 Å². The Labute approximate surface area is 164 Å². The third kappa shape index (κ3) is 4.65. The first-order chi connectivity index (χ1) is 13.1. The van der Waals surface area contributed by atoms with Gasteiger partial charge in [-0.25, -0.2) is 4.79 Å². The molecule has 0 amide bonds. The summed E-state index contributed by atoms with van der Waals surface area (Å²) in [5.41, 5.74) is 3.18. The molecule has 140 valence electrons.